The van der Waals surface area contributed by atoms with Crippen molar-refractivity contribution in [2.75, 3.05) is 6.54 Å². The molecular weight excluding hydrogens is 582 g/mol. The Balaban J connectivity index is 1.49. The molecule has 3 atom stereocenters. The Hall–Kier alpha value is 0.910. The number of halogens is 3. The van der Waals surface area contributed by atoms with Crippen LogP contribution in [-0.4, -0.2) is 21.0 Å². The lowest BCUT2D eigenvalue weighted by atomic mass is 9.43. The second-order valence-corrected chi connectivity index (χ2v) is 14.6. The van der Waals surface area contributed by atoms with Crippen LogP contribution in [0, 0.1) is 16.2 Å². The molecule has 182 valence electrons. The van der Waals surface area contributed by atoms with E-state index in [0.717, 1.165) is 25.8 Å². The number of amides is 1. The maximum absolute atomic E-state index is 13.2. The van der Waals surface area contributed by atoms with E-state index in [1.165, 1.54) is 83.5 Å². The van der Waals surface area contributed by atoms with Crippen LogP contribution in [0.2, 0.25) is 0 Å². The summed E-state index contributed by atoms with van der Waals surface area (Å²) in [5.74, 6) is 0.267. The number of carbonyl (C=O) groups excluding carboxylic acids is 1. The maximum Gasteiger partial charge on any atom is 0.227 e. The molecule has 1 amide bonds. The second-order valence-electron chi connectivity index (χ2n) is 10.7. The quantitative estimate of drug-likeness (QED) is 0.126. The third-order valence-corrected chi connectivity index (χ3v) is 11.9. The monoisotopic (exact) mass is 625 g/mol. The Labute approximate surface area is 217 Å². The fourth-order valence-electron chi connectivity index (χ4n) is 6.38. The van der Waals surface area contributed by atoms with Crippen molar-refractivity contribution in [2.24, 2.45) is 16.2 Å². The Morgan fingerprint density at radius 2 is 1.29 bits per heavy atom. The molecule has 0 aromatic heterocycles. The van der Waals surface area contributed by atoms with Gasteiger partial charge in [-0.2, -0.15) is 0 Å². The van der Waals surface area contributed by atoms with E-state index in [1.807, 2.05) is 0 Å². The van der Waals surface area contributed by atoms with E-state index in [-0.39, 0.29) is 30.7 Å². The summed E-state index contributed by atoms with van der Waals surface area (Å²) in [7, 11) is 0. The first-order chi connectivity index (χ1) is 14.8. The van der Waals surface area contributed by atoms with Crippen molar-refractivity contribution >= 4 is 53.7 Å². The predicted molar refractivity (Wildman–Crippen MR) is 146 cm³/mol. The molecule has 0 spiro atoms. The largest absolute Gasteiger partial charge is 0.356 e. The van der Waals surface area contributed by atoms with Crippen LogP contribution in [0.3, 0.4) is 0 Å². The summed E-state index contributed by atoms with van der Waals surface area (Å²) >= 11 is 11.4. The summed E-state index contributed by atoms with van der Waals surface area (Å²) in [4.78, 5) is 13.4. The molecule has 1 N–H and O–H groups in total. The van der Waals surface area contributed by atoms with Gasteiger partial charge in [-0.25, -0.2) is 0 Å². The topological polar surface area (TPSA) is 29.1 Å². The van der Waals surface area contributed by atoms with Gasteiger partial charge in [-0.15, -0.1) is 0 Å². The molecule has 2 bridgehead atoms. The highest BCUT2D eigenvalue weighted by atomic mass is 79.9. The molecule has 0 aromatic rings. The Bertz CT molecular complexity index is 553. The predicted octanol–water partition coefficient (Wildman–Crippen LogP) is 9.27. The van der Waals surface area contributed by atoms with Gasteiger partial charge in [0.15, 0.2) is 0 Å². The lowest BCUT2D eigenvalue weighted by Crippen LogP contribution is -2.72. The molecule has 0 radical (unpaired) electrons. The minimum Gasteiger partial charge on any atom is -0.356 e. The van der Waals surface area contributed by atoms with Gasteiger partial charge in [-0.05, 0) is 24.7 Å². The summed E-state index contributed by atoms with van der Waals surface area (Å²) in [6.45, 7) is 7.67. The number of unbranched alkanes of at least 4 members (excludes halogenated alkanes) is 13. The SMILES string of the molecule is CCCCCCCCCCCCCCCCNC(=O)[C@]12CC[C@@](C(Br)Br)([C@@H]1Br)C2(C)C. The van der Waals surface area contributed by atoms with Gasteiger partial charge < -0.3 is 5.32 Å². The minimum absolute atomic E-state index is 0.00851. The summed E-state index contributed by atoms with van der Waals surface area (Å²) in [5.41, 5.74) is -0.159. The molecule has 31 heavy (non-hydrogen) atoms. The van der Waals surface area contributed by atoms with Crippen molar-refractivity contribution < 1.29 is 4.79 Å². The van der Waals surface area contributed by atoms with E-state index in [0.29, 0.717) is 0 Å². The molecule has 3 saturated carbocycles. The van der Waals surface area contributed by atoms with Gasteiger partial charge in [-0.3, -0.25) is 4.79 Å². The number of fused-ring (bicyclic) bond motifs is 1. The Morgan fingerprint density at radius 1 is 0.839 bits per heavy atom. The van der Waals surface area contributed by atoms with Gasteiger partial charge in [0.2, 0.25) is 5.91 Å². The number of alkyl halides is 3. The molecule has 0 unspecified atom stereocenters. The normalized spacial score (nSPS) is 28.7. The van der Waals surface area contributed by atoms with Gasteiger partial charge in [0.25, 0.3) is 0 Å². The molecule has 3 aliphatic carbocycles. The van der Waals surface area contributed by atoms with Crippen LogP contribution in [-0.2, 0) is 4.79 Å². The number of hydrogen-bond donors (Lipinski definition) is 1. The van der Waals surface area contributed by atoms with Crippen molar-refractivity contribution in [1.29, 1.82) is 0 Å². The van der Waals surface area contributed by atoms with Gasteiger partial charge in [0.05, 0.1) is 9.15 Å². The lowest BCUT2D eigenvalue weighted by Gasteiger charge is -2.66. The molecule has 3 aliphatic rings. The molecule has 5 heteroatoms. The molecule has 0 aromatic carbocycles. The third kappa shape index (κ3) is 5.77. The number of nitrogens with one attached hydrogen (secondary N) is 1. The van der Waals surface area contributed by atoms with Crippen LogP contribution in [0.15, 0.2) is 0 Å². The molecule has 0 aliphatic heterocycles. The highest BCUT2D eigenvalue weighted by molar-refractivity contribution is 9.24. The Morgan fingerprint density at radius 3 is 1.68 bits per heavy atom. The molecule has 2 nitrogen and oxygen atoms in total. The van der Waals surface area contributed by atoms with E-state index < -0.39 is 0 Å². The maximum atomic E-state index is 13.2. The molecule has 0 heterocycles. The fraction of sp³-hybridized carbons (Fsp3) is 0.962. The first kappa shape index (κ1) is 28.1. The minimum atomic E-state index is -0.261. The first-order valence-electron chi connectivity index (χ1n) is 13.0. The number of carbonyl (C=O) groups is 1. The zero-order valence-electron chi connectivity index (χ0n) is 20.2. The van der Waals surface area contributed by atoms with Crippen LogP contribution < -0.4 is 5.32 Å². The van der Waals surface area contributed by atoms with E-state index in [1.54, 1.807) is 0 Å². The van der Waals surface area contributed by atoms with Crippen molar-refractivity contribution in [1.82, 2.24) is 5.32 Å². The Kier molecular flexibility index (Phi) is 11.9. The van der Waals surface area contributed by atoms with Gasteiger partial charge >= 0.3 is 0 Å². The highest BCUT2D eigenvalue weighted by Crippen LogP contribution is 2.82. The van der Waals surface area contributed by atoms with Gasteiger partial charge in [-0.1, -0.05) is 152 Å². The molecule has 3 fully saturated rings. The molecular formula is C26H46Br3NO. The number of rotatable bonds is 17. The fourth-order valence-corrected chi connectivity index (χ4v) is 11.3. The summed E-state index contributed by atoms with van der Waals surface area (Å²) in [6, 6.07) is 0. The van der Waals surface area contributed by atoms with Crippen molar-refractivity contribution in [3.05, 3.63) is 0 Å². The third-order valence-electron chi connectivity index (χ3n) is 8.71. The van der Waals surface area contributed by atoms with Crippen LogP contribution >= 0.6 is 47.8 Å². The smallest absolute Gasteiger partial charge is 0.227 e. The summed E-state index contributed by atoms with van der Waals surface area (Å²) in [6.07, 6.45) is 21.2. The average Bonchev–Trinajstić information content (AvgIpc) is 3.20. The van der Waals surface area contributed by atoms with Crippen LogP contribution in [0.25, 0.3) is 0 Å². The van der Waals surface area contributed by atoms with E-state index in [2.05, 4.69) is 73.9 Å². The second kappa shape index (κ2) is 13.1. The first-order valence-corrected chi connectivity index (χ1v) is 15.7. The van der Waals surface area contributed by atoms with E-state index in [9.17, 15) is 4.79 Å². The van der Waals surface area contributed by atoms with Crippen LogP contribution in [0.1, 0.15) is 124 Å². The van der Waals surface area contributed by atoms with E-state index in [4.69, 9.17) is 0 Å². The zero-order valence-corrected chi connectivity index (χ0v) is 25.0. The number of hydrogen-bond acceptors (Lipinski definition) is 1. The van der Waals surface area contributed by atoms with Crippen molar-refractivity contribution in [3.8, 4) is 0 Å². The molecule has 3 rings (SSSR count). The lowest BCUT2D eigenvalue weighted by molar-refractivity contribution is -0.161. The zero-order chi connectivity index (χ0) is 23.0. The average molecular weight is 628 g/mol. The van der Waals surface area contributed by atoms with Crippen LogP contribution in [0.4, 0.5) is 0 Å². The van der Waals surface area contributed by atoms with Crippen molar-refractivity contribution in [2.45, 2.75) is 132 Å². The molecule has 0 saturated heterocycles. The van der Waals surface area contributed by atoms with Gasteiger partial charge in [0.1, 0.15) is 0 Å². The van der Waals surface area contributed by atoms with Gasteiger partial charge in [0, 0.05) is 16.8 Å². The van der Waals surface area contributed by atoms with Crippen molar-refractivity contribution in [3.63, 3.8) is 0 Å². The highest BCUT2D eigenvalue weighted by Gasteiger charge is 2.83. The van der Waals surface area contributed by atoms with E-state index >= 15 is 0 Å². The standard InChI is InChI=1S/C26H46Br3NO/c1-4-5-6-7-8-9-10-11-12-13-14-15-16-17-20-30-23(31)26-19-18-25(21(26)27,22(28)29)24(26,2)3/h21-22H,4-20H2,1-3H3,(H,30,31)/t21-,25-,26-/m0/s1. The summed E-state index contributed by atoms with van der Waals surface area (Å²) < 4.78 is 0.237. The summed E-state index contributed by atoms with van der Waals surface area (Å²) in [5, 5.41) is 3.29. The van der Waals surface area contributed by atoms with Crippen LogP contribution in [0.5, 0.6) is 0 Å².